The molecule has 0 fully saturated rings. The van der Waals surface area contributed by atoms with Crippen LogP contribution in [0.2, 0.25) is 0 Å². The Kier molecular flexibility index (Phi) is 7.68. The summed E-state index contributed by atoms with van der Waals surface area (Å²) in [4.78, 5) is 4.76. The molecule has 2 aromatic rings. The summed E-state index contributed by atoms with van der Waals surface area (Å²) in [6, 6.07) is 14.3. The maximum absolute atomic E-state index is 4.76. The molecule has 0 saturated heterocycles. The molecule has 0 aliphatic heterocycles. The Morgan fingerprint density at radius 3 is 2.14 bits per heavy atom. The van der Waals surface area contributed by atoms with Crippen LogP contribution in [0.4, 0.5) is 0 Å². The number of aromatic nitrogens is 1. The molecule has 0 atom stereocenters. The standard InChI is InChI=1S/C28H29N/c1-8-20(3)14-15-27(24(7)22(5)9-2)28-23(6)19-26-13-11-10-12-25(26)18-21(4)16-17-29-28/h8-19H,1-2,4,6H2,3,5,7H3/b17-16?,20-14+,24-22+,25-18?,26-19?,27-15+,29-28?. The predicted octanol–water partition coefficient (Wildman–Crippen LogP) is 6.22. The van der Waals surface area contributed by atoms with E-state index in [0.29, 0.717) is 0 Å². The van der Waals surface area contributed by atoms with Crippen LogP contribution in [-0.2, 0) is 0 Å². The topological polar surface area (TPSA) is 12.9 Å². The number of allylic oxidation sites excluding steroid dienone is 8. The minimum absolute atomic E-state index is 0.817. The average molecular weight is 380 g/mol. The van der Waals surface area contributed by atoms with E-state index >= 15 is 0 Å². The third kappa shape index (κ3) is 5.76. The van der Waals surface area contributed by atoms with E-state index in [1.807, 2.05) is 43.4 Å². The molecule has 0 radical (unpaired) electrons. The number of benzene rings is 1. The summed E-state index contributed by atoms with van der Waals surface area (Å²) in [7, 11) is 0. The van der Waals surface area contributed by atoms with Gasteiger partial charge >= 0.3 is 0 Å². The van der Waals surface area contributed by atoms with Gasteiger partial charge in [-0.2, -0.15) is 0 Å². The van der Waals surface area contributed by atoms with Crippen molar-refractivity contribution in [3.8, 4) is 0 Å². The van der Waals surface area contributed by atoms with Crippen LogP contribution >= 0.6 is 0 Å². The zero-order valence-corrected chi connectivity index (χ0v) is 17.7. The molecule has 1 heterocycles. The van der Waals surface area contributed by atoms with Crippen molar-refractivity contribution in [2.45, 2.75) is 20.8 Å². The van der Waals surface area contributed by atoms with E-state index in [1.54, 1.807) is 6.20 Å². The number of nitrogens with zero attached hydrogens (tertiary/aromatic N) is 1. The van der Waals surface area contributed by atoms with Crippen molar-refractivity contribution in [3.05, 3.63) is 119 Å². The normalized spacial score (nSPS) is 12.8. The maximum Gasteiger partial charge on any atom is 0.0771 e. The molecule has 146 valence electrons. The Morgan fingerprint density at radius 1 is 0.862 bits per heavy atom. The van der Waals surface area contributed by atoms with Gasteiger partial charge in [-0.1, -0.05) is 80.5 Å². The Bertz CT molecular complexity index is 1190. The first-order valence-electron chi connectivity index (χ1n) is 9.60. The van der Waals surface area contributed by atoms with Gasteiger partial charge in [0.2, 0.25) is 0 Å². The first-order chi connectivity index (χ1) is 13.9. The van der Waals surface area contributed by atoms with Crippen molar-refractivity contribution in [3.63, 3.8) is 0 Å². The highest BCUT2D eigenvalue weighted by Gasteiger charge is 2.07. The number of hydrogen-bond acceptors (Lipinski definition) is 1. The van der Waals surface area contributed by atoms with E-state index in [1.165, 1.54) is 0 Å². The summed E-state index contributed by atoms with van der Waals surface area (Å²) >= 11 is 0. The lowest BCUT2D eigenvalue weighted by atomic mass is 9.97. The van der Waals surface area contributed by atoms with Crippen LogP contribution in [0.25, 0.3) is 29.5 Å². The highest BCUT2D eigenvalue weighted by atomic mass is 14.7. The van der Waals surface area contributed by atoms with E-state index in [4.69, 9.17) is 4.98 Å². The van der Waals surface area contributed by atoms with Gasteiger partial charge in [-0.25, -0.2) is 0 Å². The van der Waals surface area contributed by atoms with Gasteiger partial charge < -0.3 is 0 Å². The fourth-order valence-corrected chi connectivity index (χ4v) is 2.84. The molecule has 2 rings (SSSR count). The van der Waals surface area contributed by atoms with Gasteiger partial charge in [0, 0.05) is 11.8 Å². The van der Waals surface area contributed by atoms with Crippen LogP contribution in [-0.4, -0.2) is 4.98 Å². The van der Waals surface area contributed by atoms with Gasteiger partial charge in [-0.15, -0.1) is 0 Å². The van der Waals surface area contributed by atoms with Crippen molar-refractivity contribution in [2.75, 3.05) is 0 Å². The fourth-order valence-electron chi connectivity index (χ4n) is 2.84. The minimum atomic E-state index is 0.817. The molecule has 1 nitrogen and oxygen atoms in total. The van der Waals surface area contributed by atoms with Gasteiger partial charge in [0.15, 0.2) is 0 Å². The van der Waals surface area contributed by atoms with Crippen LogP contribution in [0.15, 0.2) is 103 Å². The summed E-state index contributed by atoms with van der Waals surface area (Å²) < 4.78 is 0. The monoisotopic (exact) mass is 379 g/mol. The Hall–Kier alpha value is -3.45. The molecule has 0 aliphatic carbocycles. The third-order valence-electron chi connectivity index (χ3n) is 4.85. The molecule has 0 spiro atoms. The molecular weight excluding hydrogens is 350 g/mol. The fraction of sp³-hybridized carbons (Fsp3) is 0.107. The molecule has 1 heteroatoms. The van der Waals surface area contributed by atoms with E-state index in [-0.39, 0.29) is 0 Å². The summed E-state index contributed by atoms with van der Waals surface area (Å²) in [6.45, 7) is 22.4. The van der Waals surface area contributed by atoms with Crippen LogP contribution in [0, 0.1) is 0 Å². The van der Waals surface area contributed by atoms with Gasteiger partial charge in [-0.3, -0.25) is 4.98 Å². The van der Waals surface area contributed by atoms with Gasteiger partial charge in [0.1, 0.15) is 0 Å². The largest absolute Gasteiger partial charge is 0.256 e. The SMILES string of the molecule is C=C/C(C)=C/C=C(\C(C)=C(/C)C=C)c1nccc(=C)cc2ccccc2cc1=C. The Morgan fingerprint density at radius 2 is 1.52 bits per heavy atom. The predicted molar refractivity (Wildman–Crippen MR) is 130 cm³/mol. The zero-order chi connectivity index (χ0) is 21.4. The minimum Gasteiger partial charge on any atom is -0.256 e. The molecule has 0 amide bonds. The summed E-state index contributed by atoms with van der Waals surface area (Å²) in [6.07, 6.45) is 9.60. The number of hydrogen-bond donors (Lipinski definition) is 0. The lowest BCUT2D eigenvalue weighted by molar-refractivity contribution is 1.25. The molecule has 29 heavy (non-hydrogen) atoms. The summed E-state index contributed by atoms with van der Waals surface area (Å²) in [5.41, 5.74) is 5.09. The Balaban J connectivity index is 2.99. The van der Waals surface area contributed by atoms with E-state index in [0.717, 1.165) is 49.2 Å². The van der Waals surface area contributed by atoms with Crippen LogP contribution < -0.4 is 10.4 Å². The molecule has 0 unspecified atom stereocenters. The van der Waals surface area contributed by atoms with Crippen molar-refractivity contribution in [2.24, 2.45) is 0 Å². The second-order valence-corrected chi connectivity index (χ2v) is 7.02. The van der Waals surface area contributed by atoms with Gasteiger partial charge in [-0.05, 0) is 71.3 Å². The highest BCUT2D eigenvalue weighted by molar-refractivity contribution is 5.83. The smallest absolute Gasteiger partial charge is 0.0771 e. The zero-order valence-electron chi connectivity index (χ0n) is 17.7. The van der Waals surface area contributed by atoms with Gasteiger partial charge in [0.05, 0.1) is 5.69 Å². The molecule has 0 N–H and O–H groups in total. The van der Waals surface area contributed by atoms with Crippen LogP contribution in [0.5, 0.6) is 0 Å². The maximum atomic E-state index is 4.76. The van der Waals surface area contributed by atoms with Crippen molar-refractivity contribution >= 4 is 29.5 Å². The summed E-state index contributed by atoms with van der Waals surface area (Å²) in [5, 5.41) is 3.92. The molecule has 1 aromatic carbocycles. The van der Waals surface area contributed by atoms with Crippen molar-refractivity contribution in [1.82, 2.24) is 4.98 Å². The first kappa shape index (κ1) is 21.8. The van der Waals surface area contributed by atoms with Gasteiger partial charge in [0.25, 0.3) is 0 Å². The van der Waals surface area contributed by atoms with Crippen LogP contribution in [0.1, 0.15) is 26.5 Å². The first-order valence-corrected chi connectivity index (χ1v) is 9.60. The summed E-state index contributed by atoms with van der Waals surface area (Å²) in [5.74, 6) is 0. The second-order valence-electron chi connectivity index (χ2n) is 7.02. The van der Waals surface area contributed by atoms with E-state index in [2.05, 4.69) is 70.5 Å². The number of fused-ring (bicyclic) bond motifs is 1. The van der Waals surface area contributed by atoms with Crippen molar-refractivity contribution in [1.29, 1.82) is 0 Å². The third-order valence-corrected chi connectivity index (χ3v) is 4.85. The van der Waals surface area contributed by atoms with E-state index in [9.17, 15) is 0 Å². The van der Waals surface area contributed by atoms with Crippen LogP contribution in [0.3, 0.4) is 0 Å². The second kappa shape index (κ2) is 10.2. The Labute approximate surface area is 174 Å². The molecule has 0 saturated carbocycles. The lowest BCUT2D eigenvalue weighted by Crippen LogP contribution is -2.08. The van der Waals surface area contributed by atoms with E-state index < -0.39 is 0 Å². The molecular formula is C28H29N. The quantitative estimate of drug-likeness (QED) is 0.562. The molecule has 0 bridgehead atoms. The molecule has 0 aliphatic rings. The van der Waals surface area contributed by atoms with Crippen molar-refractivity contribution < 1.29 is 0 Å². The highest BCUT2D eigenvalue weighted by Crippen LogP contribution is 2.23. The number of rotatable bonds is 5. The lowest BCUT2D eigenvalue weighted by Gasteiger charge is -2.10. The average Bonchev–Trinajstić information content (AvgIpc) is 2.72. The molecule has 1 aromatic heterocycles.